The fourth-order valence-electron chi connectivity index (χ4n) is 2.95. The summed E-state index contributed by atoms with van der Waals surface area (Å²) in [6.45, 7) is 3.24. The number of hydrogen-bond donors (Lipinski definition) is 1. The van der Waals surface area contributed by atoms with Gasteiger partial charge in [0.05, 0.1) is 19.3 Å². The number of morpholine rings is 1. The third kappa shape index (κ3) is 4.41. The second-order valence-corrected chi connectivity index (χ2v) is 5.91. The van der Waals surface area contributed by atoms with Gasteiger partial charge < -0.3 is 10.1 Å². The molecule has 1 heterocycles. The number of nitrogens with one attached hydrogen (secondary N) is 1. The highest BCUT2D eigenvalue weighted by Gasteiger charge is 2.23. The van der Waals surface area contributed by atoms with Gasteiger partial charge in [-0.2, -0.15) is 0 Å². The van der Waals surface area contributed by atoms with Crippen molar-refractivity contribution in [1.82, 2.24) is 10.2 Å². The Labute approximate surface area is 145 Å². The first-order valence-corrected chi connectivity index (χ1v) is 8.25. The summed E-state index contributed by atoms with van der Waals surface area (Å²) >= 11 is 0. The molecule has 1 aliphatic rings. The average Bonchev–Trinajstić information content (AvgIpc) is 2.66. The first kappa shape index (κ1) is 17.5. The Bertz CT molecular complexity index is 719. The number of halogens is 2. The molecule has 1 amide bonds. The standard InChI is InChI=1S/C19H20F2N2O2/c20-16-7-6-15(12-17(16)21)19(24)22-13-18(14-4-2-1-3-5-14)23-8-10-25-11-9-23/h1-7,12,18H,8-11,13H2,(H,22,24). The molecule has 1 atom stereocenters. The van der Waals surface area contributed by atoms with Gasteiger partial charge in [-0.3, -0.25) is 9.69 Å². The van der Waals surface area contributed by atoms with Gasteiger partial charge in [0.2, 0.25) is 0 Å². The quantitative estimate of drug-likeness (QED) is 0.905. The van der Waals surface area contributed by atoms with E-state index in [1.165, 1.54) is 6.07 Å². The SMILES string of the molecule is O=C(NCC(c1ccccc1)N1CCOCC1)c1ccc(F)c(F)c1. The van der Waals surface area contributed by atoms with E-state index in [0.717, 1.165) is 30.8 Å². The number of ether oxygens (including phenoxy) is 1. The predicted octanol–water partition coefficient (Wildman–Crippen LogP) is 2.77. The smallest absolute Gasteiger partial charge is 0.251 e. The van der Waals surface area contributed by atoms with Crippen molar-refractivity contribution in [2.45, 2.75) is 6.04 Å². The molecule has 1 fully saturated rings. The summed E-state index contributed by atoms with van der Waals surface area (Å²) in [5.41, 5.74) is 1.20. The van der Waals surface area contributed by atoms with Crippen molar-refractivity contribution >= 4 is 5.91 Å². The van der Waals surface area contributed by atoms with Crippen LogP contribution in [-0.4, -0.2) is 43.7 Å². The van der Waals surface area contributed by atoms with E-state index in [4.69, 9.17) is 4.74 Å². The number of carbonyl (C=O) groups excluding carboxylic acids is 1. The number of benzene rings is 2. The van der Waals surface area contributed by atoms with E-state index in [-0.39, 0.29) is 11.6 Å². The van der Waals surface area contributed by atoms with Gasteiger partial charge in [0.25, 0.3) is 5.91 Å². The summed E-state index contributed by atoms with van der Waals surface area (Å²) in [5, 5.41) is 2.83. The molecule has 25 heavy (non-hydrogen) atoms. The monoisotopic (exact) mass is 346 g/mol. The zero-order valence-electron chi connectivity index (χ0n) is 13.8. The van der Waals surface area contributed by atoms with Crippen molar-refractivity contribution in [2.75, 3.05) is 32.8 Å². The Hall–Kier alpha value is -2.31. The van der Waals surface area contributed by atoms with Gasteiger partial charge in [-0.1, -0.05) is 30.3 Å². The largest absolute Gasteiger partial charge is 0.379 e. The zero-order chi connectivity index (χ0) is 17.6. The van der Waals surface area contributed by atoms with E-state index in [1.807, 2.05) is 30.3 Å². The molecule has 0 spiro atoms. The third-order valence-corrected chi connectivity index (χ3v) is 4.31. The summed E-state index contributed by atoms with van der Waals surface area (Å²) < 4.78 is 31.7. The van der Waals surface area contributed by atoms with E-state index in [1.54, 1.807) is 0 Å². The number of nitrogens with zero attached hydrogens (tertiary/aromatic N) is 1. The molecule has 0 radical (unpaired) electrons. The van der Waals surface area contributed by atoms with Crippen LogP contribution in [0.5, 0.6) is 0 Å². The topological polar surface area (TPSA) is 41.6 Å². The van der Waals surface area contributed by atoms with E-state index in [0.29, 0.717) is 19.8 Å². The molecule has 1 saturated heterocycles. The normalized spacial score (nSPS) is 16.4. The molecule has 6 heteroatoms. The highest BCUT2D eigenvalue weighted by atomic mass is 19.2. The fraction of sp³-hybridized carbons (Fsp3) is 0.316. The van der Waals surface area contributed by atoms with E-state index in [2.05, 4.69) is 10.2 Å². The molecule has 2 aromatic rings. The Kier molecular flexibility index (Phi) is 5.73. The van der Waals surface area contributed by atoms with Crippen molar-refractivity contribution in [3.05, 3.63) is 71.3 Å². The molecule has 1 unspecified atom stereocenters. The number of rotatable bonds is 5. The molecule has 1 N–H and O–H groups in total. The summed E-state index contributed by atoms with van der Waals surface area (Å²) in [6, 6.07) is 13.0. The molecule has 0 aliphatic carbocycles. The Balaban J connectivity index is 1.71. The molecule has 4 nitrogen and oxygen atoms in total. The van der Waals surface area contributed by atoms with E-state index >= 15 is 0 Å². The number of amides is 1. The van der Waals surface area contributed by atoms with Crippen LogP contribution in [0.15, 0.2) is 48.5 Å². The number of hydrogen-bond acceptors (Lipinski definition) is 3. The van der Waals surface area contributed by atoms with Crippen LogP contribution in [0.2, 0.25) is 0 Å². The minimum Gasteiger partial charge on any atom is -0.379 e. The fourth-order valence-corrected chi connectivity index (χ4v) is 2.95. The molecule has 132 valence electrons. The van der Waals surface area contributed by atoms with E-state index in [9.17, 15) is 13.6 Å². The molecule has 0 aromatic heterocycles. The Morgan fingerprint density at radius 2 is 1.80 bits per heavy atom. The Morgan fingerprint density at radius 3 is 2.48 bits per heavy atom. The van der Waals surface area contributed by atoms with Crippen molar-refractivity contribution < 1.29 is 18.3 Å². The first-order chi connectivity index (χ1) is 12.1. The van der Waals surface area contributed by atoms with E-state index < -0.39 is 17.5 Å². The van der Waals surface area contributed by atoms with Crippen molar-refractivity contribution in [3.8, 4) is 0 Å². The van der Waals surface area contributed by atoms with Gasteiger partial charge in [0, 0.05) is 25.2 Å². The maximum Gasteiger partial charge on any atom is 0.251 e. The summed E-state index contributed by atoms with van der Waals surface area (Å²) in [6.07, 6.45) is 0. The van der Waals surface area contributed by atoms with Crippen LogP contribution in [0.1, 0.15) is 22.0 Å². The second-order valence-electron chi connectivity index (χ2n) is 5.91. The maximum atomic E-state index is 13.3. The van der Waals surface area contributed by atoms with Crippen LogP contribution in [0, 0.1) is 11.6 Å². The van der Waals surface area contributed by atoms with Crippen LogP contribution < -0.4 is 5.32 Å². The molecule has 1 aliphatic heterocycles. The first-order valence-electron chi connectivity index (χ1n) is 8.25. The highest BCUT2D eigenvalue weighted by molar-refractivity contribution is 5.94. The van der Waals surface area contributed by atoms with Crippen LogP contribution in [0.25, 0.3) is 0 Å². The van der Waals surface area contributed by atoms with Gasteiger partial charge >= 0.3 is 0 Å². The summed E-state index contributed by atoms with van der Waals surface area (Å²) in [5.74, 6) is -2.42. The van der Waals surface area contributed by atoms with Crippen molar-refractivity contribution in [2.24, 2.45) is 0 Å². The second kappa shape index (κ2) is 8.18. The van der Waals surface area contributed by atoms with Crippen LogP contribution in [0.3, 0.4) is 0 Å². The van der Waals surface area contributed by atoms with Gasteiger partial charge in [-0.05, 0) is 23.8 Å². The van der Waals surface area contributed by atoms with Crippen LogP contribution >= 0.6 is 0 Å². The van der Waals surface area contributed by atoms with Gasteiger partial charge in [0.15, 0.2) is 11.6 Å². The van der Waals surface area contributed by atoms with Crippen molar-refractivity contribution in [1.29, 1.82) is 0 Å². The maximum absolute atomic E-state index is 13.3. The minimum absolute atomic E-state index is 0.000606. The van der Waals surface area contributed by atoms with Crippen LogP contribution in [-0.2, 0) is 4.74 Å². The molecular formula is C19H20F2N2O2. The summed E-state index contributed by atoms with van der Waals surface area (Å²) in [7, 11) is 0. The van der Waals surface area contributed by atoms with Crippen molar-refractivity contribution in [3.63, 3.8) is 0 Å². The lowest BCUT2D eigenvalue weighted by molar-refractivity contribution is 0.0162. The lowest BCUT2D eigenvalue weighted by Gasteiger charge is -2.35. The minimum atomic E-state index is -1.03. The lowest BCUT2D eigenvalue weighted by atomic mass is 10.0. The van der Waals surface area contributed by atoms with Crippen LogP contribution in [0.4, 0.5) is 8.78 Å². The third-order valence-electron chi connectivity index (χ3n) is 4.31. The van der Waals surface area contributed by atoms with Gasteiger partial charge in [0.1, 0.15) is 0 Å². The Morgan fingerprint density at radius 1 is 1.08 bits per heavy atom. The molecule has 0 bridgehead atoms. The molecular weight excluding hydrogens is 326 g/mol. The molecule has 0 saturated carbocycles. The molecule has 3 rings (SSSR count). The zero-order valence-corrected chi connectivity index (χ0v) is 13.8. The number of carbonyl (C=O) groups is 1. The van der Waals surface area contributed by atoms with Gasteiger partial charge in [-0.25, -0.2) is 8.78 Å². The summed E-state index contributed by atoms with van der Waals surface area (Å²) in [4.78, 5) is 14.5. The highest BCUT2D eigenvalue weighted by Crippen LogP contribution is 2.21. The van der Waals surface area contributed by atoms with Gasteiger partial charge in [-0.15, -0.1) is 0 Å². The predicted molar refractivity (Wildman–Crippen MR) is 90.3 cm³/mol. The lowest BCUT2D eigenvalue weighted by Crippen LogP contribution is -2.43. The molecule has 2 aromatic carbocycles. The average molecular weight is 346 g/mol.